The van der Waals surface area contributed by atoms with Crippen molar-refractivity contribution in [3.05, 3.63) is 41.2 Å². The largest absolute Gasteiger partial charge is 0.494 e. The van der Waals surface area contributed by atoms with E-state index in [4.69, 9.17) is 14.2 Å². The standard InChI is InChI=1S/C20H24F2O4/c1-5-13-10-20(19(9-17(13)23)25-12(3)26-20)11(2)6-14-7-16(22)18(24-4)8-15(14)21/h7-9,11-13H,5-6,10H2,1-4H3/t11-,12?,13-,20+/m0/s1. The van der Waals surface area contributed by atoms with Crippen LogP contribution in [-0.2, 0) is 20.7 Å². The van der Waals surface area contributed by atoms with Crippen molar-refractivity contribution in [1.82, 2.24) is 0 Å². The molecule has 1 aromatic carbocycles. The number of halogens is 2. The Morgan fingerprint density at radius 1 is 1.35 bits per heavy atom. The number of carbonyl (C=O) groups excluding carboxylic acids is 1. The molecule has 1 heterocycles. The first-order valence-electron chi connectivity index (χ1n) is 8.93. The average molecular weight is 366 g/mol. The Balaban J connectivity index is 1.93. The summed E-state index contributed by atoms with van der Waals surface area (Å²) < 4.78 is 45.0. The summed E-state index contributed by atoms with van der Waals surface area (Å²) in [6.45, 7) is 5.64. The number of methoxy groups -OCH3 is 1. The molecule has 1 aliphatic carbocycles. The Kier molecular flexibility index (Phi) is 5.06. The van der Waals surface area contributed by atoms with Gasteiger partial charge in [-0.2, -0.15) is 0 Å². The van der Waals surface area contributed by atoms with E-state index >= 15 is 0 Å². The van der Waals surface area contributed by atoms with Crippen LogP contribution in [0.3, 0.4) is 0 Å². The van der Waals surface area contributed by atoms with Gasteiger partial charge in [-0.25, -0.2) is 8.78 Å². The zero-order valence-electron chi connectivity index (χ0n) is 15.5. The molecule has 4 atom stereocenters. The van der Waals surface area contributed by atoms with E-state index in [1.165, 1.54) is 13.2 Å². The van der Waals surface area contributed by atoms with Gasteiger partial charge in [-0.15, -0.1) is 0 Å². The van der Waals surface area contributed by atoms with Crippen molar-refractivity contribution in [2.45, 2.75) is 51.9 Å². The average Bonchev–Trinajstić information content (AvgIpc) is 2.92. The minimum absolute atomic E-state index is 0.0321. The summed E-state index contributed by atoms with van der Waals surface area (Å²) in [5.74, 6) is -1.09. The van der Waals surface area contributed by atoms with E-state index in [1.807, 2.05) is 13.8 Å². The number of carbonyl (C=O) groups is 1. The normalized spacial score (nSPS) is 29.0. The van der Waals surface area contributed by atoms with Crippen LogP contribution >= 0.6 is 0 Å². The van der Waals surface area contributed by atoms with Gasteiger partial charge in [0.15, 0.2) is 23.6 Å². The second-order valence-electron chi connectivity index (χ2n) is 7.10. The Morgan fingerprint density at radius 3 is 2.73 bits per heavy atom. The van der Waals surface area contributed by atoms with Crippen LogP contribution in [0.4, 0.5) is 8.78 Å². The van der Waals surface area contributed by atoms with Gasteiger partial charge in [0.2, 0.25) is 0 Å². The lowest BCUT2D eigenvalue weighted by atomic mass is 9.71. The van der Waals surface area contributed by atoms with Crippen molar-refractivity contribution in [2.24, 2.45) is 11.8 Å². The van der Waals surface area contributed by atoms with Crippen LogP contribution in [0.1, 0.15) is 39.2 Å². The second kappa shape index (κ2) is 6.99. The number of hydrogen-bond donors (Lipinski definition) is 0. The summed E-state index contributed by atoms with van der Waals surface area (Å²) in [5, 5.41) is 0. The molecule has 1 unspecified atom stereocenters. The zero-order valence-corrected chi connectivity index (χ0v) is 15.5. The van der Waals surface area contributed by atoms with Crippen molar-refractivity contribution in [3.8, 4) is 5.75 Å². The van der Waals surface area contributed by atoms with Gasteiger partial charge in [0.05, 0.1) is 7.11 Å². The van der Waals surface area contributed by atoms with Crippen molar-refractivity contribution in [2.75, 3.05) is 7.11 Å². The molecule has 3 rings (SSSR count). The molecular weight excluding hydrogens is 342 g/mol. The first-order chi connectivity index (χ1) is 12.3. The Labute approximate surface area is 152 Å². The monoisotopic (exact) mass is 366 g/mol. The summed E-state index contributed by atoms with van der Waals surface area (Å²) in [4.78, 5) is 12.2. The number of fused-ring (bicyclic) bond motifs is 1. The van der Waals surface area contributed by atoms with Gasteiger partial charge in [-0.3, -0.25) is 4.79 Å². The SMILES string of the molecule is CC[C@H]1C[C@]2([C@@H](C)Cc3cc(F)c(OC)cc3F)OC(C)OC2=CC1=O. The molecule has 1 fully saturated rings. The summed E-state index contributed by atoms with van der Waals surface area (Å²) in [6, 6.07) is 2.22. The molecule has 0 saturated carbocycles. The van der Waals surface area contributed by atoms with Crippen molar-refractivity contribution in [3.63, 3.8) is 0 Å². The molecule has 1 aromatic rings. The van der Waals surface area contributed by atoms with E-state index in [0.29, 0.717) is 18.6 Å². The second-order valence-corrected chi connectivity index (χ2v) is 7.10. The minimum Gasteiger partial charge on any atom is -0.494 e. The maximum absolute atomic E-state index is 14.4. The van der Waals surface area contributed by atoms with Gasteiger partial charge >= 0.3 is 0 Å². The Hall–Kier alpha value is -1.95. The minimum atomic E-state index is -0.795. The maximum Gasteiger partial charge on any atom is 0.197 e. The third-order valence-corrected chi connectivity index (χ3v) is 5.45. The molecule has 0 N–H and O–H groups in total. The van der Waals surface area contributed by atoms with Crippen molar-refractivity contribution >= 4 is 5.78 Å². The topological polar surface area (TPSA) is 44.8 Å². The lowest BCUT2D eigenvalue weighted by molar-refractivity contribution is -0.128. The number of ether oxygens (including phenoxy) is 3. The lowest BCUT2D eigenvalue weighted by Gasteiger charge is -2.38. The molecule has 142 valence electrons. The molecule has 4 nitrogen and oxygen atoms in total. The summed E-state index contributed by atoms with van der Waals surface area (Å²) in [7, 11) is 1.30. The molecule has 0 bridgehead atoms. The van der Waals surface area contributed by atoms with E-state index in [-0.39, 0.29) is 35.4 Å². The van der Waals surface area contributed by atoms with Gasteiger partial charge in [0.1, 0.15) is 17.2 Å². The molecule has 6 heteroatoms. The number of hydrogen-bond acceptors (Lipinski definition) is 4. The molecule has 1 saturated heterocycles. The zero-order chi connectivity index (χ0) is 19.1. The molecule has 2 aliphatic rings. The third-order valence-electron chi connectivity index (χ3n) is 5.45. The fourth-order valence-electron chi connectivity index (χ4n) is 3.96. The van der Waals surface area contributed by atoms with Crippen LogP contribution in [0.15, 0.2) is 24.0 Å². The van der Waals surface area contributed by atoms with E-state index in [2.05, 4.69) is 0 Å². The molecule has 0 aromatic heterocycles. The highest BCUT2D eigenvalue weighted by atomic mass is 19.1. The first-order valence-corrected chi connectivity index (χ1v) is 8.93. The summed E-state index contributed by atoms with van der Waals surface area (Å²) in [6.07, 6.45) is 2.47. The van der Waals surface area contributed by atoms with Gasteiger partial charge < -0.3 is 14.2 Å². The molecule has 0 amide bonds. The highest BCUT2D eigenvalue weighted by molar-refractivity contribution is 5.93. The lowest BCUT2D eigenvalue weighted by Crippen LogP contribution is -2.45. The Bertz CT molecular complexity index is 746. The number of ketones is 1. The smallest absolute Gasteiger partial charge is 0.197 e. The van der Waals surface area contributed by atoms with E-state index in [0.717, 1.165) is 12.1 Å². The first kappa shape index (κ1) is 18.8. The molecule has 1 aliphatic heterocycles. The predicted molar refractivity (Wildman–Crippen MR) is 91.6 cm³/mol. The van der Waals surface area contributed by atoms with Crippen LogP contribution < -0.4 is 4.74 Å². The maximum atomic E-state index is 14.4. The molecule has 0 radical (unpaired) electrons. The Morgan fingerprint density at radius 2 is 2.08 bits per heavy atom. The summed E-state index contributed by atoms with van der Waals surface area (Å²) >= 11 is 0. The van der Waals surface area contributed by atoms with Crippen LogP contribution in [0.5, 0.6) is 5.75 Å². The van der Waals surface area contributed by atoms with Crippen molar-refractivity contribution in [1.29, 1.82) is 0 Å². The van der Waals surface area contributed by atoms with E-state index in [1.54, 1.807) is 6.92 Å². The number of rotatable bonds is 5. The van der Waals surface area contributed by atoms with Crippen molar-refractivity contribution < 1.29 is 27.8 Å². The van der Waals surface area contributed by atoms with Crippen LogP contribution in [-0.4, -0.2) is 24.8 Å². The summed E-state index contributed by atoms with van der Waals surface area (Å²) in [5.41, 5.74) is -0.547. The molecule has 26 heavy (non-hydrogen) atoms. The third kappa shape index (κ3) is 3.11. The van der Waals surface area contributed by atoms with E-state index < -0.39 is 23.5 Å². The van der Waals surface area contributed by atoms with Crippen LogP contribution in [0.25, 0.3) is 0 Å². The van der Waals surface area contributed by atoms with Gasteiger partial charge in [0, 0.05) is 18.1 Å². The van der Waals surface area contributed by atoms with Crippen LogP contribution in [0, 0.1) is 23.5 Å². The van der Waals surface area contributed by atoms with E-state index in [9.17, 15) is 13.6 Å². The van der Waals surface area contributed by atoms with Crippen LogP contribution in [0.2, 0.25) is 0 Å². The number of allylic oxidation sites excluding steroid dienone is 1. The number of benzene rings is 1. The molecular formula is C20H24F2O4. The highest BCUT2D eigenvalue weighted by Crippen LogP contribution is 2.48. The molecule has 0 spiro atoms. The highest BCUT2D eigenvalue weighted by Gasteiger charge is 2.53. The fraction of sp³-hybridized carbons (Fsp3) is 0.550. The van der Waals surface area contributed by atoms with Gasteiger partial charge in [0.25, 0.3) is 0 Å². The fourth-order valence-corrected chi connectivity index (χ4v) is 3.96. The predicted octanol–water partition coefficient (Wildman–Crippen LogP) is 4.17. The quantitative estimate of drug-likeness (QED) is 0.785. The van der Waals surface area contributed by atoms with Gasteiger partial charge in [-0.1, -0.05) is 13.8 Å². The van der Waals surface area contributed by atoms with Gasteiger partial charge in [-0.05, 0) is 43.7 Å².